The third kappa shape index (κ3) is 3.07. The zero-order chi connectivity index (χ0) is 11.7. The van der Waals surface area contributed by atoms with Crippen molar-refractivity contribution in [2.75, 3.05) is 13.1 Å². The number of hydrogen-bond donors (Lipinski definition) is 1. The van der Waals surface area contributed by atoms with Gasteiger partial charge in [0.05, 0.1) is 6.20 Å². The summed E-state index contributed by atoms with van der Waals surface area (Å²) in [5.41, 5.74) is 7.26. The first-order chi connectivity index (χ1) is 8.29. The second-order valence-corrected chi connectivity index (χ2v) is 5.63. The van der Waals surface area contributed by atoms with Gasteiger partial charge in [0.25, 0.3) is 0 Å². The average molecular weight is 234 g/mol. The van der Waals surface area contributed by atoms with E-state index >= 15 is 0 Å². The molecule has 1 aromatic rings. The molecule has 4 nitrogen and oxygen atoms in total. The zero-order valence-corrected chi connectivity index (χ0v) is 10.4. The van der Waals surface area contributed by atoms with Crippen LogP contribution in [0.5, 0.6) is 0 Å². The van der Waals surface area contributed by atoms with Crippen molar-refractivity contribution in [2.24, 2.45) is 11.7 Å². The highest BCUT2D eigenvalue weighted by atomic mass is 15.3. The molecule has 0 amide bonds. The number of aromatic nitrogens is 2. The molecule has 0 radical (unpaired) electrons. The lowest BCUT2D eigenvalue weighted by molar-refractivity contribution is 0.205. The number of hydrogen-bond acceptors (Lipinski definition) is 3. The Morgan fingerprint density at radius 1 is 1.24 bits per heavy atom. The number of rotatable bonds is 4. The highest BCUT2D eigenvalue weighted by Gasteiger charge is 2.22. The minimum Gasteiger partial charge on any atom is -0.328 e. The topological polar surface area (TPSA) is 47.1 Å². The summed E-state index contributed by atoms with van der Waals surface area (Å²) in [6, 6.07) is 0.420. The molecular weight excluding hydrogens is 212 g/mol. The summed E-state index contributed by atoms with van der Waals surface area (Å²) in [4.78, 5) is 2.49. The van der Waals surface area contributed by atoms with Crippen molar-refractivity contribution < 1.29 is 0 Å². The summed E-state index contributed by atoms with van der Waals surface area (Å²) in [5.74, 6) is 0.899. The third-order valence-electron chi connectivity index (χ3n) is 3.87. The smallest absolute Gasteiger partial charge is 0.0534 e. The molecule has 0 atom stereocenters. The monoisotopic (exact) mass is 234 g/mol. The van der Waals surface area contributed by atoms with Gasteiger partial charge in [-0.2, -0.15) is 5.10 Å². The number of likely N-dealkylation sites (tertiary alicyclic amines) is 1. The Kier molecular flexibility index (Phi) is 3.16. The molecule has 1 aliphatic carbocycles. The van der Waals surface area contributed by atoms with Gasteiger partial charge in [-0.15, -0.1) is 0 Å². The Labute approximate surface area is 103 Å². The standard InChI is InChI=1S/C13H22N4/c14-13-3-5-16(6-4-13)8-12-7-15-17(10-12)9-11-1-2-11/h7,10-11,13H,1-6,8-9,14H2. The van der Waals surface area contributed by atoms with E-state index in [2.05, 4.69) is 20.9 Å². The Morgan fingerprint density at radius 2 is 2.00 bits per heavy atom. The van der Waals surface area contributed by atoms with E-state index in [1.807, 2.05) is 6.20 Å². The summed E-state index contributed by atoms with van der Waals surface area (Å²) in [7, 11) is 0. The van der Waals surface area contributed by atoms with Gasteiger partial charge in [0, 0.05) is 30.9 Å². The SMILES string of the molecule is NC1CCN(Cc2cnn(CC3CC3)c2)CC1. The normalized spacial score (nSPS) is 23.1. The Bertz CT molecular complexity index is 361. The van der Waals surface area contributed by atoms with Crippen LogP contribution in [-0.2, 0) is 13.1 Å². The molecule has 1 aliphatic heterocycles. The first-order valence-electron chi connectivity index (χ1n) is 6.79. The van der Waals surface area contributed by atoms with E-state index in [9.17, 15) is 0 Å². The highest BCUT2D eigenvalue weighted by molar-refractivity contribution is 5.04. The number of nitrogens with zero attached hydrogens (tertiary/aromatic N) is 3. The molecule has 1 saturated carbocycles. The summed E-state index contributed by atoms with van der Waals surface area (Å²) < 4.78 is 2.11. The predicted octanol–water partition coefficient (Wildman–Crippen LogP) is 1.22. The molecule has 1 saturated heterocycles. The first-order valence-corrected chi connectivity index (χ1v) is 6.79. The van der Waals surface area contributed by atoms with Gasteiger partial charge in [0.1, 0.15) is 0 Å². The summed E-state index contributed by atoms with van der Waals surface area (Å²) in [6.45, 7) is 4.42. The van der Waals surface area contributed by atoms with Crippen LogP contribution in [0.2, 0.25) is 0 Å². The molecule has 0 aromatic carbocycles. The van der Waals surface area contributed by atoms with Gasteiger partial charge >= 0.3 is 0 Å². The van der Waals surface area contributed by atoms with Crippen molar-refractivity contribution >= 4 is 0 Å². The Hall–Kier alpha value is -0.870. The fourth-order valence-electron chi connectivity index (χ4n) is 2.52. The molecule has 1 aromatic heterocycles. The largest absolute Gasteiger partial charge is 0.328 e. The van der Waals surface area contributed by atoms with E-state index in [1.165, 1.54) is 18.4 Å². The maximum atomic E-state index is 5.91. The van der Waals surface area contributed by atoms with Crippen LogP contribution in [-0.4, -0.2) is 33.8 Å². The van der Waals surface area contributed by atoms with Gasteiger partial charge in [0.15, 0.2) is 0 Å². The van der Waals surface area contributed by atoms with Gasteiger partial charge in [-0.25, -0.2) is 0 Å². The average Bonchev–Trinajstić information content (AvgIpc) is 3.02. The van der Waals surface area contributed by atoms with Crippen LogP contribution in [0, 0.1) is 5.92 Å². The van der Waals surface area contributed by atoms with Crippen LogP contribution < -0.4 is 5.73 Å². The summed E-state index contributed by atoms with van der Waals surface area (Å²) in [5, 5.41) is 4.44. The molecule has 0 spiro atoms. The molecule has 94 valence electrons. The van der Waals surface area contributed by atoms with Crippen molar-refractivity contribution in [2.45, 2.75) is 44.8 Å². The van der Waals surface area contributed by atoms with E-state index in [0.29, 0.717) is 6.04 Å². The summed E-state index contributed by atoms with van der Waals surface area (Å²) in [6.07, 6.45) is 9.29. The molecule has 2 aliphatic rings. The molecule has 0 bridgehead atoms. The lowest BCUT2D eigenvalue weighted by Crippen LogP contribution is -2.39. The van der Waals surface area contributed by atoms with Gasteiger partial charge in [-0.1, -0.05) is 0 Å². The van der Waals surface area contributed by atoms with Gasteiger partial charge in [0.2, 0.25) is 0 Å². The fraction of sp³-hybridized carbons (Fsp3) is 0.769. The number of piperidine rings is 1. The van der Waals surface area contributed by atoms with Crippen molar-refractivity contribution in [1.82, 2.24) is 14.7 Å². The minimum atomic E-state index is 0.420. The van der Waals surface area contributed by atoms with Gasteiger partial charge < -0.3 is 5.73 Å². The van der Waals surface area contributed by atoms with Crippen molar-refractivity contribution in [3.05, 3.63) is 18.0 Å². The molecular formula is C13H22N4. The van der Waals surface area contributed by atoms with E-state index < -0.39 is 0 Å². The third-order valence-corrected chi connectivity index (χ3v) is 3.87. The van der Waals surface area contributed by atoms with Crippen LogP contribution in [0.3, 0.4) is 0 Å². The Balaban J connectivity index is 1.51. The number of nitrogens with two attached hydrogens (primary N) is 1. The first kappa shape index (κ1) is 11.2. The van der Waals surface area contributed by atoms with Gasteiger partial charge in [-0.05, 0) is 44.7 Å². The quantitative estimate of drug-likeness (QED) is 0.852. The molecule has 3 rings (SSSR count). The van der Waals surface area contributed by atoms with Crippen molar-refractivity contribution in [1.29, 1.82) is 0 Å². The molecule has 4 heteroatoms. The van der Waals surface area contributed by atoms with Crippen LogP contribution in [0.25, 0.3) is 0 Å². The van der Waals surface area contributed by atoms with Gasteiger partial charge in [-0.3, -0.25) is 9.58 Å². The zero-order valence-electron chi connectivity index (χ0n) is 10.4. The van der Waals surface area contributed by atoms with Crippen LogP contribution in [0.4, 0.5) is 0 Å². The second-order valence-electron chi connectivity index (χ2n) is 5.63. The predicted molar refractivity (Wildman–Crippen MR) is 67.4 cm³/mol. The molecule has 2 fully saturated rings. The van der Waals surface area contributed by atoms with Crippen LogP contribution >= 0.6 is 0 Å². The van der Waals surface area contributed by atoms with Crippen LogP contribution in [0.15, 0.2) is 12.4 Å². The minimum absolute atomic E-state index is 0.420. The molecule has 17 heavy (non-hydrogen) atoms. The van der Waals surface area contributed by atoms with E-state index in [4.69, 9.17) is 5.73 Å². The molecule has 2 heterocycles. The highest BCUT2D eigenvalue weighted by Crippen LogP contribution is 2.30. The summed E-state index contributed by atoms with van der Waals surface area (Å²) >= 11 is 0. The second kappa shape index (κ2) is 4.78. The lowest BCUT2D eigenvalue weighted by Gasteiger charge is -2.29. The maximum absolute atomic E-state index is 5.91. The van der Waals surface area contributed by atoms with Crippen LogP contribution in [0.1, 0.15) is 31.2 Å². The Morgan fingerprint density at radius 3 is 2.71 bits per heavy atom. The maximum Gasteiger partial charge on any atom is 0.0534 e. The lowest BCUT2D eigenvalue weighted by atomic mass is 10.1. The van der Waals surface area contributed by atoms with E-state index in [1.54, 1.807) is 0 Å². The van der Waals surface area contributed by atoms with Crippen molar-refractivity contribution in [3.63, 3.8) is 0 Å². The van der Waals surface area contributed by atoms with E-state index in [0.717, 1.165) is 44.9 Å². The molecule has 2 N–H and O–H groups in total. The molecule has 0 unspecified atom stereocenters. The van der Waals surface area contributed by atoms with E-state index in [-0.39, 0.29) is 0 Å². The van der Waals surface area contributed by atoms with Crippen molar-refractivity contribution in [3.8, 4) is 0 Å². The fourth-order valence-corrected chi connectivity index (χ4v) is 2.52.